The van der Waals surface area contributed by atoms with E-state index in [1.165, 1.54) is 0 Å². The molecule has 0 saturated carbocycles. The maximum Gasteiger partial charge on any atom is 0.241 e. The number of rotatable bonds is 7. The predicted molar refractivity (Wildman–Crippen MR) is 98.8 cm³/mol. The minimum absolute atomic E-state index is 0.276. The molecule has 0 heterocycles. The number of benzene rings is 2. The number of hydrogen-bond donors (Lipinski definition) is 1. The fraction of sp³-hybridized carbons (Fsp3) is 0.368. The normalized spacial score (nSPS) is 12.7. The Morgan fingerprint density at radius 1 is 0.960 bits per heavy atom. The highest BCUT2D eigenvalue weighted by Crippen LogP contribution is 2.28. The molecule has 25 heavy (non-hydrogen) atoms. The third-order valence-corrected chi connectivity index (χ3v) is 6.04. The van der Waals surface area contributed by atoms with Gasteiger partial charge in [0.2, 0.25) is 10.0 Å². The van der Waals surface area contributed by atoms with Gasteiger partial charge in [-0.2, -0.15) is 0 Å². The molecule has 0 radical (unpaired) electrons. The van der Waals surface area contributed by atoms with E-state index in [0.29, 0.717) is 17.7 Å². The summed E-state index contributed by atoms with van der Waals surface area (Å²) in [5.74, 6) is 1.42. The first kappa shape index (κ1) is 19.3. The van der Waals surface area contributed by atoms with E-state index in [-0.39, 0.29) is 10.9 Å². The molecular formula is C19H25NO4S. The van der Waals surface area contributed by atoms with Gasteiger partial charge in [-0.3, -0.25) is 0 Å². The van der Waals surface area contributed by atoms with Crippen LogP contribution in [0, 0.1) is 13.8 Å². The lowest BCUT2D eigenvalue weighted by Gasteiger charge is -2.20. The van der Waals surface area contributed by atoms with E-state index >= 15 is 0 Å². The summed E-state index contributed by atoms with van der Waals surface area (Å²) in [6.45, 7) is 5.60. The molecule has 1 atom stereocenters. The van der Waals surface area contributed by atoms with Crippen molar-refractivity contribution in [2.24, 2.45) is 0 Å². The van der Waals surface area contributed by atoms with Gasteiger partial charge in [-0.05, 0) is 61.2 Å². The van der Waals surface area contributed by atoms with Crippen LogP contribution < -0.4 is 14.2 Å². The summed E-state index contributed by atoms with van der Waals surface area (Å²) in [6, 6.07) is 10.4. The fourth-order valence-corrected chi connectivity index (χ4v) is 4.36. The molecule has 0 fully saturated rings. The van der Waals surface area contributed by atoms with Gasteiger partial charge in [0.1, 0.15) is 11.5 Å². The molecule has 0 aromatic heterocycles. The zero-order valence-corrected chi connectivity index (χ0v) is 16.1. The number of nitrogens with one attached hydrogen (secondary N) is 1. The van der Waals surface area contributed by atoms with Crippen molar-refractivity contribution >= 4 is 10.0 Å². The van der Waals surface area contributed by atoms with Crippen LogP contribution in [0.2, 0.25) is 0 Å². The van der Waals surface area contributed by atoms with Gasteiger partial charge in [-0.15, -0.1) is 0 Å². The van der Waals surface area contributed by atoms with Gasteiger partial charge in [-0.1, -0.05) is 19.1 Å². The maximum absolute atomic E-state index is 12.9. The van der Waals surface area contributed by atoms with Crippen molar-refractivity contribution in [1.29, 1.82) is 0 Å². The lowest BCUT2D eigenvalue weighted by atomic mass is 10.1. The molecule has 0 saturated heterocycles. The third kappa shape index (κ3) is 4.14. The van der Waals surface area contributed by atoms with Gasteiger partial charge in [0.15, 0.2) is 0 Å². The second-order valence-corrected chi connectivity index (χ2v) is 7.55. The summed E-state index contributed by atoms with van der Waals surface area (Å²) in [6.07, 6.45) is 0.639. The predicted octanol–water partition coefficient (Wildman–Crippen LogP) is 3.75. The van der Waals surface area contributed by atoms with Crippen molar-refractivity contribution in [3.63, 3.8) is 0 Å². The van der Waals surface area contributed by atoms with E-state index in [4.69, 9.17) is 9.47 Å². The van der Waals surface area contributed by atoms with E-state index in [2.05, 4.69) is 4.72 Å². The molecule has 0 aliphatic rings. The average Bonchev–Trinajstić information content (AvgIpc) is 2.61. The lowest BCUT2D eigenvalue weighted by molar-refractivity contribution is 0.410. The minimum Gasteiger partial charge on any atom is -0.497 e. The van der Waals surface area contributed by atoms with Crippen molar-refractivity contribution in [3.8, 4) is 11.5 Å². The van der Waals surface area contributed by atoms with Crippen molar-refractivity contribution in [1.82, 2.24) is 4.72 Å². The van der Waals surface area contributed by atoms with Crippen molar-refractivity contribution < 1.29 is 17.9 Å². The molecule has 0 aliphatic carbocycles. The Balaban J connectivity index is 2.34. The molecule has 6 heteroatoms. The highest BCUT2D eigenvalue weighted by molar-refractivity contribution is 7.89. The van der Waals surface area contributed by atoms with Gasteiger partial charge < -0.3 is 9.47 Å². The first-order valence-electron chi connectivity index (χ1n) is 8.14. The first-order chi connectivity index (χ1) is 11.8. The van der Waals surface area contributed by atoms with Crippen LogP contribution in [0.4, 0.5) is 0 Å². The second kappa shape index (κ2) is 7.89. The summed E-state index contributed by atoms with van der Waals surface area (Å²) in [7, 11) is -0.475. The van der Waals surface area contributed by atoms with Crippen LogP contribution in [0.1, 0.15) is 36.1 Å². The van der Waals surface area contributed by atoms with Crippen LogP contribution in [0.3, 0.4) is 0 Å². The molecule has 2 aromatic carbocycles. The Labute approximate surface area is 150 Å². The van der Waals surface area contributed by atoms with Crippen LogP contribution in [0.25, 0.3) is 0 Å². The van der Waals surface area contributed by atoms with Gasteiger partial charge >= 0.3 is 0 Å². The van der Waals surface area contributed by atoms with Crippen LogP contribution in [-0.2, 0) is 10.0 Å². The van der Waals surface area contributed by atoms with Crippen LogP contribution in [0.5, 0.6) is 11.5 Å². The Morgan fingerprint density at radius 2 is 1.60 bits per heavy atom. The summed E-state index contributed by atoms with van der Waals surface area (Å²) in [4.78, 5) is 0.276. The molecule has 5 nitrogen and oxygen atoms in total. The molecule has 0 unspecified atom stereocenters. The maximum atomic E-state index is 12.9. The fourth-order valence-electron chi connectivity index (χ4n) is 2.76. The molecule has 2 rings (SSSR count). The largest absolute Gasteiger partial charge is 0.497 e. The Morgan fingerprint density at radius 3 is 2.12 bits per heavy atom. The monoisotopic (exact) mass is 363 g/mol. The van der Waals surface area contributed by atoms with Crippen LogP contribution >= 0.6 is 0 Å². The quantitative estimate of drug-likeness (QED) is 0.814. The van der Waals surface area contributed by atoms with E-state index in [0.717, 1.165) is 16.9 Å². The zero-order chi connectivity index (χ0) is 18.6. The number of hydrogen-bond acceptors (Lipinski definition) is 4. The highest BCUT2D eigenvalue weighted by Gasteiger charge is 2.23. The molecule has 0 spiro atoms. The van der Waals surface area contributed by atoms with E-state index in [9.17, 15) is 8.42 Å². The molecule has 2 aromatic rings. The third-order valence-electron chi connectivity index (χ3n) is 4.42. The SMILES string of the molecule is CC[C@H](NS(=O)(=O)c1ccc(OC)c(C)c1C)c1ccc(OC)cc1. The summed E-state index contributed by atoms with van der Waals surface area (Å²) < 4.78 is 39.0. The Hall–Kier alpha value is -2.05. The number of sulfonamides is 1. The van der Waals surface area contributed by atoms with Crippen molar-refractivity contribution in [2.75, 3.05) is 14.2 Å². The van der Waals surface area contributed by atoms with Gasteiger partial charge in [0.25, 0.3) is 0 Å². The van der Waals surface area contributed by atoms with Crippen LogP contribution in [0.15, 0.2) is 41.3 Å². The van der Waals surface area contributed by atoms with Crippen molar-refractivity contribution in [3.05, 3.63) is 53.1 Å². The summed E-state index contributed by atoms with van der Waals surface area (Å²) in [5, 5.41) is 0. The average molecular weight is 363 g/mol. The first-order valence-corrected chi connectivity index (χ1v) is 9.62. The molecule has 0 aliphatic heterocycles. The molecule has 136 valence electrons. The lowest BCUT2D eigenvalue weighted by Crippen LogP contribution is -2.29. The minimum atomic E-state index is -3.65. The Kier molecular flexibility index (Phi) is 6.08. The Bertz CT molecular complexity index is 829. The molecule has 1 N–H and O–H groups in total. The summed E-state index contributed by atoms with van der Waals surface area (Å²) in [5.41, 5.74) is 2.41. The highest BCUT2D eigenvalue weighted by atomic mass is 32.2. The van der Waals surface area contributed by atoms with E-state index in [1.54, 1.807) is 33.3 Å². The molecule has 0 bridgehead atoms. The number of ether oxygens (including phenoxy) is 2. The van der Waals surface area contributed by atoms with E-state index < -0.39 is 10.0 Å². The molecule has 0 amide bonds. The van der Waals surface area contributed by atoms with Gasteiger partial charge in [0.05, 0.1) is 19.1 Å². The van der Waals surface area contributed by atoms with Gasteiger partial charge in [0, 0.05) is 6.04 Å². The second-order valence-electron chi connectivity index (χ2n) is 5.87. The van der Waals surface area contributed by atoms with Crippen LogP contribution in [-0.4, -0.2) is 22.6 Å². The standard InChI is InChI=1S/C19H25NO4S/c1-6-17(15-7-9-16(23-4)10-8-15)20-25(21,22)19-12-11-18(24-5)13(2)14(19)3/h7-12,17,20H,6H2,1-5H3/t17-/m0/s1. The summed E-state index contributed by atoms with van der Waals surface area (Å²) >= 11 is 0. The zero-order valence-electron chi connectivity index (χ0n) is 15.3. The molecular weight excluding hydrogens is 338 g/mol. The van der Waals surface area contributed by atoms with Gasteiger partial charge in [-0.25, -0.2) is 13.1 Å². The smallest absolute Gasteiger partial charge is 0.241 e. The number of methoxy groups -OCH3 is 2. The van der Waals surface area contributed by atoms with Crippen molar-refractivity contribution in [2.45, 2.75) is 38.1 Å². The topological polar surface area (TPSA) is 64.6 Å². The van der Waals surface area contributed by atoms with E-state index in [1.807, 2.05) is 38.1 Å².